The van der Waals surface area contributed by atoms with Gasteiger partial charge >= 0.3 is 0 Å². The normalized spacial score (nSPS) is 12.4. The van der Waals surface area contributed by atoms with E-state index >= 15 is 4.39 Å². The van der Waals surface area contributed by atoms with Crippen LogP contribution in [0, 0.1) is 11.6 Å². The molecule has 5 rings (SSSR count). The number of ketones is 1. The number of nitrogens with zero attached hydrogens (tertiary/aromatic N) is 2. The number of hydrogen-bond donors (Lipinski definition) is 5. The highest BCUT2D eigenvalue weighted by Gasteiger charge is 2.24. The Morgan fingerprint density at radius 1 is 1.00 bits per heavy atom. The summed E-state index contributed by atoms with van der Waals surface area (Å²) in [4.78, 5) is 37.4. The van der Waals surface area contributed by atoms with Crippen LogP contribution in [-0.4, -0.2) is 70.3 Å². The summed E-state index contributed by atoms with van der Waals surface area (Å²) < 4.78 is 56.5. The van der Waals surface area contributed by atoms with Crippen LogP contribution in [0.25, 0.3) is 33.1 Å². The quantitative estimate of drug-likeness (QED) is 0.139. The fourth-order valence-corrected chi connectivity index (χ4v) is 5.74. The van der Waals surface area contributed by atoms with E-state index in [1.807, 2.05) is 0 Å². The van der Waals surface area contributed by atoms with E-state index in [1.165, 1.54) is 24.4 Å². The molecule has 0 saturated carbocycles. The van der Waals surface area contributed by atoms with Crippen molar-refractivity contribution >= 4 is 49.3 Å². The number of carbonyl (C=O) groups is 2. The summed E-state index contributed by atoms with van der Waals surface area (Å²) >= 11 is 0. The van der Waals surface area contributed by atoms with Crippen molar-refractivity contribution in [2.45, 2.75) is 19.4 Å². The topological polar surface area (TPSA) is 174 Å². The number of aromatic nitrogens is 3. The lowest BCUT2D eigenvalue weighted by Gasteiger charge is -2.11. The number of anilines is 1. The van der Waals surface area contributed by atoms with Crippen LogP contribution in [0.5, 0.6) is 0 Å². The molecule has 228 valence electrons. The molecular formula is C30H27F2N5O6S. The molecular weight excluding hydrogens is 596 g/mol. The largest absolute Gasteiger partial charge is 0.394 e. The molecule has 3 heterocycles. The number of carbonyl (C=O) groups excluding carboxylic acids is 2. The Kier molecular flexibility index (Phi) is 8.67. The van der Waals surface area contributed by atoms with Crippen LogP contribution in [0.15, 0.2) is 60.9 Å². The predicted octanol–water partition coefficient (Wildman–Crippen LogP) is 3.52. The van der Waals surface area contributed by atoms with E-state index in [0.717, 1.165) is 12.1 Å². The zero-order valence-electron chi connectivity index (χ0n) is 23.3. The lowest BCUT2D eigenvalue weighted by molar-refractivity contribution is 0.0798. The summed E-state index contributed by atoms with van der Waals surface area (Å²) in [6, 6.07) is 11.2. The van der Waals surface area contributed by atoms with Crippen molar-refractivity contribution in [3.05, 3.63) is 89.4 Å². The number of aliphatic hydroxyl groups is 2. The number of aliphatic hydroxyl groups excluding tert-OH is 2. The van der Waals surface area contributed by atoms with Gasteiger partial charge in [-0.1, -0.05) is 13.0 Å². The van der Waals surface area contributed by atoms with Gasteiger partial charge in [-0.25, -0.2) is 22.2 Å². The van der Waals surface area contributed by atoms with Gasteiger partial charge in [0.15, 0.2) is 11.6 Å². The highest BCUT2D eigenvalue weighted by molar-refractivity contribution is 7.92. The zero-order chi connectivity index (χ0) is 31.6. The first-order valence-corrected chi connectivity index (χ1v) is 15.1. The first-order valence-electron chi connectivity index (χ1n) is 13.5. The minimum atomic E-state index is -3.89. The SMILES string of the molecule is CCCS(=O)(=O)Nc1ccc(F)c(C(=O)c2ccc3[nH]c4ncc(-c5ccc(C(=O)NCC(O)CO)nc5)cc4c3c2)c1F. The molecule has 1 atom stereocenters. The average Bonchev–Trinajstić information content (AvgIpc) is 3.38. The Morgan fingerprint density at radius 2 is 1.77 bits per heavy atom. The Hall–Kier alpha value is -4.79. The monoisotopic (exact) mass is 623 g/mol. The van der Waals surface area contributed by atoms with E-state index < -0.39 is 57.3 Å². The Balaban J connectivity index is 1.46. The summed E-state index contributed by atoms with van der Waals surface area (Å²) in [6.07, 6.45) is 2.26. The number of sulfonamides is 1. The molecule has 0 aliphatic heterocycles. The third-order valence-corrected chi connectivity index (χ3v) is 8.28. The minimum Gasteiger partial charge on any atom is -0.394 e. The maximum absolute atomic E-state index is 15.3. The van der Waals surface area contributed by atoms with Crippen molar-refractivity contribution in [3.8, 4) is 11.1 Å². The van der Waals surface area contributed by atoms with Crippen LogP contribution < -0.4 is 10.0 Å². The Labute approximate surface area is 250 Å². The number of amides is 1. The average molecular weight is 624 g/mol. The Bertz CT molecular complexity index is 2000. The van der Waals surface area contributed by atoms with Crippen LogP contribution >= 0.6 is 0 Å². The van der Waals surface area contributed by atoms with Gasteiger partial charge in [-0.3, -0.25) is 19.3 Å². The van der Waals surface area contributed by atoms with Gasteiger partial charge < -0.3 is 20.5 Å². The predicted molar refractivity (Wildman–Crippen MR) is 160 cm³/mol. The highest BCUT2D eigenvalue weighted by atomic mass is 32.2. The van der Waals surface area contributed by atoms with Gasteiger partial charge in [-0.2, -0.15) is 0 Å². The molecule has 3 aromatic heterocycles. The van der Waals surface area contributed by atoms with Crippen molar-refractivity contribution in [3.63, 3.8) is 0 Å². The first kappa shape index (κ1) is 30.7. The number of halogens is 2. The summed E-state index contributed by atoms with van der Waals surface area (Å²) in [5, 5.41) is 21.9. The van der Waals surface area contributed by atoms with Crippen LogP contribution in [0.3, 0.4) is 0 Å². The van der Waals surface area contributed by atoms with Gasteiger partial charge in [0.1, 0.15) is 17.2 Å². The minimum absolute atomic E-state index is 0.0292. The van der Waals surface area contributed by atoms with E-state index in [4.69, 9.17) is 5.11 Å². The van der Waals surface area contributed by atoms with Gasteiger partial charge in [0.05, 0.1) is 29.7 Å². The molecule has 2 aromatic carbocycles. The second-order valence-electron chi connectivity index (χ2n) is 10.0. The molecule has 14 heteroatoms. The van der Waals surface area contributed by atoms with E-state index in [9.17, 15) is 27.5 Å². The van der Waals surface area contributed by atoms with Gasteiger partial charge in [0.2, 0.25) is 10.0 Å². The van der Waals surface area contributed by atoms with Crippen LogP contribution in [0.4, 0.5) is 14.5 Å². The fourth-order valence-electron chi connectivity index (χ4n) is 4.61. The first-order chi connectivity index (χ1) is 21.0. The molecule has 0 radical (unpaired) electrons. The van der Waals surface area contributed by atoms with E-state index in [-0.39, 0.29) is 30.0 Å². The number of hydrogen-bond acceptors (Lipinski definition) is 8. The molecule has 0 fully saturated rings. The smallest absolute Gasteiger partial charge is 0.269 e. The number of rotatable bonds is 11. The second-order valence-corrected chi connectivity index (χ2v) is 11.9. The van der Waals surface area contributed by atoms with Crippen molar-refractivity contribution in [1.29, 1.82) is 0 Å². The number of fused-ring (bicyclic) bond motifs is 3. The summed E-state index contributed by atoms with van der Waals surface area (Å²) in [7, 11) is -3.89. The van der Waals surface area contributed by atoms with Crippen molar-refractivity contribution in [1.82, 2.24) is 20.3 Å². The number of benzene rings is 2. The van der Waals surface area contributed by atoms with Gasteiger partial charge in [-0.15, -0.1) is 0 Å². The molecule has 1 unspecified atom stereocenters. The van der Waals surface area contributed by atoms with E-state index in [0.29, 0.717) is 33.1 Å². The standard InChI is InChI=1S/C30H27F2N5O6S/c1-2-9-44(42,43)37-24-8-5-22(31)26(27(24)32)28(40)16-3-6-23-20(10-16)21-11-18(13-34-29(21)36-23)17-4-7-25(33-12-17)30(41)35-14-19(39)15-38/h3-8,10-13,19,37-39H,2,9,14-15H2,1H3,(H,34,36)(H,35,41). The molecule has 5 N–H and O–H groups in total. The van der Waals surface area contributed by atoms with Gasteiger partial charge in [0, 0.05) is 51.9 Å². The molecule has 44 heavy (non-hydrogen) atoms. The highest BCUT2D eigenvalue weighted by Crippen LogP contribution is 2.31. The molecule has 1 amide bonds. The number of nitrogens with one attached hydrogen (secondary N) is 3. The zero-order valence-corrected chi connectivity index (χ0v) is 24.1. The van der Waals surface area contributed by atoms with Crippen LogP contribution in [0.2, 0.25) is 0 Å². The molecule has 5 aromatic rings. The molecule has 0 aliphatic rings. The molecule has 0 aliphatic carbocycles. The van der Waals surface area contributed by atoms with Crippen molar-refractivity contribution in [2.75, 3.05) is 23.6 Å². The summed E-state index contributed by atoms with van der Waals surface area (Å²) in [6.45, 7) is 1.01. The third kappa shape index (κ3) is 6.27. The summed E-state index contributed by atoms with van der Waals surface area (Å²) in [5.41, 5.74) is 1.02. The lowest BCUT2D eigenvalue weighted by atomic mass is 9.99. The molecule has 11 nitrogen and oxygen atoms in total. The van der Waals surface area contributed by atoms with Crippen LogP contribution in [-0.2, 0) is 10.0 Å². The summed E-state index contributed by atoms with van der Waals surface area (Å²) in [5.74, 6) is -4.22. The van der Waals surface area contributed by atoms with E-state index in [2.05, 4.69) is 25.0 Å². The van der Waals surface area contributed by atoms with Crippen LogP contribution in [0.1, 0.15) is 39.8 Å². The van der Waals surface area contributed by atoms with E-state index in [1.54, 1.807) is 31.3 Å². The molecule has 0 bridgehead atoms. The van der Waals surface area contributed by atoms with Crippen molar-refractivity contribution in [2.24, 2.45) is 0 Å². The van der Waals surface area contributed by atoms with Gasteiger partial charge in [-0.05, 0) is 48.9 Å². The number of H-pyrrole nitrogens is 1. The van der Waals surface area contributed by atoms with Crippen molar-refractivity contribution < 1.29 is 37.0 Å². The molecule has 0 saturated heterocycles. The number of pyridine rings is 2. The maximum Gasteiger partial charge on any atom is 0.269 e. The van der Waals surface area contributed by atoms with Gasteiger partial charge in [0.25, 0.3) is 5.91 Å². The lowest BCUT2D eigenvalue weighted by Crippen LogP contribution is -2.34. The molecule has 0 spiro atoms. The maximum atomic E-state index is 15.3. The fraction of sp³-hybridized carbons (Fsp3) is 0.200. The number of aromatic amines is 1. The third-order valence-electron chi connectivity index (χ3n) is 6.81. The Morgan fingerprint density at radius 3 is 2.48 bits per heavy atom. The second kappa shape index (κ2) is 12.4.